The number of rotatable bonds is 17. The first kappa shape index (κ1) is 31.8. The minimum Gasteiger partial charge on any atom is -0.508 e. The van der Waals surface area contributed by atoms with Gasteiger partial charge in [0.05, 0.1) is 0 Å². The Bertz CT molecular complexity index is 1150. The molecule has 0 spiro atoms. The second-order valence-corrected chi connectivity index (χ2v) is 10.2. The van der Waals surface area contributed by atoms with E-state index < -0.39 is 0 Å². The molecule has 0 fully saturated rings. The van der Waals surface area contributed by atoms with E-state index in [0.29, 0.717) is 18.8 Å². The van der Waals surface area contributed by atoms with Gasteiger partial charge in [-0.3, -0.25) is 4.79 Å². The van der Waals surface area contributed by atoms with Crippen LogP contribution in [0, 0.1) is 17.7 Å². The summed E-state index contributed by atoms with van der Waals surface area (Å²) in [6.07, 6.45) is 22.0. The van der Waals surface area contributed by atoms with E-state index in [1.54, 1.807) is 24.3 Å². The number of carbonyl (C=O) groups is 1. The average Bonchev–Trinajstić information content (AvgIpc) is 2.92. The average molecular weight is 529 g/mol. The molecule has 0 aromatic heterocycles. The fraction of sp³-hybridized carbons (Fsp3) is 0.361. The van der Waals surface area contributed by atoms with Crippen molar-refractivity contribution in [1.82, 2.24) is 0 Å². The molecule has 1 N–H and O–H groups in total. The summed E-state index contributed by atoms with van der Waals surface area (Å²) in [4.78, 5) is 13.2. The lowest BCUT2D eigenvalue weighted by Crippen LogP contribution is -2.18. The number of aryl methyl sites for hydroxylation is 1. The number of ketones is 1. The Morgan fingerprint density at radius 2 is 1.74 bits per heavy atom. The number of phenols is 1. The number of halogens is 1. The number of phenolic OH excluding ortho intramolecular Hbond substituents is 1. The molecule has 2 atom stereocenters. The Balaban J connectivity index is 1.87. The predicted octanol–water partition coefficient (Wildman–Crippen LogP) is 9.45. The lowest BCUT2D eigenvalue weighted by Gasteiger charge is -2.15. The largest absolute Gasteiger partial charge is 0.508 e. The number of Topliss-reactive ketones (excluding diaryl/α,β-unsaturated/α-hetero) is 1. The van der Waals surface area contributed by atoms with E-state index in [9.17, 15) is 14.3 Å². The second-order valence-electron chi connectivity index (χ2n) is 10.2. The molecule has 1 unspecified atom stereocenters. The molecule has 2 aromatic rings. The second kappa shape index (κ2) is 17.9. The number of benzene rings is 2. The minimum atomic E-state index is -0.130. The van der Waals surface area contributed by atoms with Crippen LogP contribution in [0.4, 0.5) is 4.39 Å². The molecule has 0 aliphatic heterocycles. The van der Waals surface area contributed by atoms with Gasteiger partial charge < -0.3 is 5.11 Å². The lowest BCUT2D eigenvalue weighted by molar-refractivity contribution is -0.119. The molecule has 0 bridgehead atoms. The van der Waals surface area contributed by atoms with Crippen molar-refractivity contribution in [2.45, 2.75) is 72.1 Å². The van der Waals surface area contributed by atoms with Crippen molar-refractivity contribution in [2.24, 2.45) is 11.8 Å². The number of hydrogen-bond acceptors (Lipinski definition) is 2. The van der Waals surface area contributed by atoms with Gasteiger partial charge in [0.15, 0.2) is 5.78 Å². The molecule has 208 valence electrons. The summed E-state index contributed by atoms with van der Waals surface area (Å²) in [5.41, 5.74) is 3.57. The van der Waals surface area contributed by atoms with Crippen LogP contribution in [0.3, 0.4) is 0 Å². The van der Waals surface area contributed by atoms with Crippen molar-refractivity contribution in [2.75, 3.05) is 0 Å². The summed E-state index contributed by atoms with van der Waals surface area (Å²) >= 11 is 0. The molecule has 0 saturated heterocycles. The number of carbonyl (C=O) groups excluding carboxylic acids is 1. The highest BCUT2D eigenvalue weighted by Crippen LogP contribution is 2.21. The van der Waals surface area contributed by atoms with E-state index >= 15 is 0 Å². The molecular weight excluding hydrogens is 483 g/mol. The van der Waals surface area contributed by atoms with Gasteiger partial charge in [0.1, 0.15) is 11.6 Å². The third kappa shape index (κ3) is 11.9. The topological polar surface area (TPSA) is 37.3 Å². The summed E-state index contributed by atoms with van der Waals surface area (Å²) < 4.78 is 14.7. The smallest absolute Gasteiger partial charge is 0.165 e. The highest BCUT2D eigenvalue weighted by Gasteiger charge is 2.19. The van der Waals surface area contributed by atoms with Gasteiger partial charge >= 0.3 is 0 Å². The van der Waals surface area contributed by atoms with Crippen molar-refractivity contribution in [3.8, 4) is 5.75 Å². The molecule has 39 heavy (non-hydrogen) atoms. The molecule has 0 aliphatic carbocycles. The van der Waals surface area contributed by atoms with Crippen molar-refractivity contribution in [3.63, 3.8) is 0 Å². The van der Waals surface area contributed by atoms with Gasteiger partial charge in [-0.15, -0.1) is 0 Å². The standard InChI is InChI=1S/C36H45FO2/c1-5-8-9-10-12-16-28(4)25-30-19-22-32(35(37)27-30)17-13-11-14-18-33(15-6-2)36(39)31(7-3)26-29-20-23-34(38)24-21-29/h5,8-10,12,14-15,18-24,27-28,31,38H,1,6-7,11,13,16-17,25-26H2,2-4H3/b9-8-,12-10-,18-14-,33-15+/t28-,31?/m0/s1. The summed E-state index contributed by atoms with van der Waals surface area (Å²) in [7, 11) is 0. The molecule has 0 radical (unpaired) electrons. The van der Waals surface area contributed by atoms with Gasteiger partial charge in [-0.1, -0.05) is 100 Å². The van der Waals surface area contributed by atoms with Gasteiger partial charge in [-0.2, -0.15) is 0 Å². The van der Waals surface area contributed by atoms with Gasteiger partial charge in [0.2, 0.25) is 0 Å². The normalized spacial score (nSPS) is 13.9. The zero-order chi connectivity index (χ0) is 28.5. The Morgan fingerprint density at radius 1 is 1.00 bits per heavy atom. The van der Waals surface area contributed by atoms with Gasteiger partial charge in [-0.25, -0.2) is 4.39 Å². The first-order chi connectivity index (χ1) is 18.9. The number of hydrogen-bond donors (Lipinski definition) is 1. The van der Waals surface area contributed by atoms with Crippen LogP contribution >= 0.6 is 0 Å². The molecule has 0 amide bonds. The fourth-order valence-corrected chi connectivity index (χ4v) is 4.60. The van der Waals surface area contributed by atoms with Crippen molar-refractivity contribution in [3.05, 3.63) is 126 Å². The van der Waals surface area contributed by atoms with Crippen LogP contribution in [-0.2, 0) is 24.1 Å². The molecule has 2 nitrogen and oxygen atoms in total. The van der Waals surface area contributed by atoms with Crippen molar-refractivity contribution < 1.29 is 14.3 Å². The van der Waals surface area contributed by atoms with Gasteiger partial charge in [-0.05, 0) is 92.2 Å². The zero-order valence-electron chi connectivity index (χ0n) is 23.9. The summed E-state index contributed by atoms with van der Waals surface area (Å²) in [5, 5.41) is 9.52. The van der Waals surface area contributed by atoms with E-state index in [1.807, 2.05) is 74.6 Å². The Labute approximate surface area is 235 Å². The summed E-state index contributed by atoms with van der Waals surface area (Å²) in [5.74, 6) is 0.598. The molecule has 0 heterocycles. The van der Waals surface area contributed by atoms with E-state index in [4.69, 9.17) is 0 Å². The van der Waals surface area contributed by atoms with E-state index in [1.165, 1.54) is 0 Å². The summed E-state index contributed by atoms with van der Waals surface area (Å²) in [6, 6.07) is 12.7. The Hall–Kier alpha value is -3.46. The number of allylic oxidation sites excluding steroid dienone is 9. The lowest BCUT2D eigenvalue weighted by atomic mass is 9.88. The highest BCUT2D eigenvalue weighted by atomic mass is 19.1. The quantitative estimate of drug-likeness (QED) is 0.126. The van der Waals surface area contributed by atoms with E-state index in [-0.39, 0.29) is 23.3 Å². The predicted molar refractivity (Wildman–Crippen MR) is 163 cm³/mol. The highest BCUT2D eigenvalue weighted by molar-refractivity contribution is 5.99. The van der Waals surface area contributed by atoms with E-state index in [2.05, 4.69) is 19.6 Å². The third-order valence-corrected chi connectivity index (χ3v) is 6.84. The van der Waals surface area contributed by atoms with E-state index in [0.717, 1.165) is 60.8 Å². The minimum absolute atomic E-state index is 0.0996. The SMILES string of the molecule is C=C/C=C\C=C/C[C@H](C)Cc1ccc(CCC/C=C\C(=C/CC)C(=O)C(CC)Cc2ccc(O)cc2)c(F)c1. The molecule has 2 aromatic carbocycles. The van der Waals surface area contributed by atoms with Crippen LogP contribution < -0.4 is 0 Å². The maximum Gasteiger partial charge on any atom is 0.165 e. The molecule has 0 saturated carbocycles. The Kier molecular flexibility index (Phi) is 14.6. The van der Waals surface area contributed by atoms with Crippen molar-refractivity contribution >= 4 is 5.78 Å². The zero-order valence-corrected chi connectivity index (χ0v) is 23.9. The molecular formula is C36H45FO2. The third-order valence-electron chi connectivity index (χ3n) is 6.84. The van der Waals surface area contributed by atoms with Crippen LogP contribution in [0.5, 0.6) is 5.75 Å². The van der Waals surface area contributed by atoms with Crippen LogP contribution in [0.15, 0.2) is 103 Å². The number of aromatic hydroxyl groups is 1. The van der Waals surface area contributed by atoms with Crippen molar-refractivity contribution in [1.29, 1.82) is 0 Å². The van der Waals surface area contributed by atoms with Crippen LogP contribution in [0.2, 0.25) is 0 Å². The maximum atomic E-state index is 14.7. The fourth-order valence-electron chi connectivity index (χ4n) is 4.60. The number of unbranched alkanes of at least 4 members (excludes halogenated alkanes) is 1. The monoisotopic (exact) mass is 528 g/mol. The molecule has 3 heteroatoms. The Morgan fingerprint density at radius 3 is 2.41 bits per heavy atom. The first-order valence-corrected chi connectivity index (χ1v) is 14.3. The van der Waals surface area contributed by atoms with Gasteiger partial charge in [0.25, 0.3) is 0 Å². The molecule has 2 rings (SSSR count). The van der Waals surface area contributed by atoms with Crippen LogP contribution in [0.25, 0.3) is 0 Å². The molecule has 0 aliphatic rings. The van der Waals surface area contributed by atoms with Gasteiger partial charge in [0, 0.05) is 11.5 Å². The van der Waals surface area contributed by atoms with Crippen LogP contribution in [-0.4, -0.2) is 10.9 Å². The summed E-state index contributed by atoms with van der Waals surface area (Å²) in [6.45, 7) is 9.91. The first-order valence-electron chi connectivity index (χ1n) is 14.3. The van der Waals surface area contributed by atoms with Crippen LogP contribution in [0.1, 0.15) is 69.6 Å². The maximum absolute atomic E-state index is 14.7.